The number of rotatable bonds is 7. The van der Waals surface area contributed by atoms with E-state index in [4.69, 9.17) is 14.2 Å². The molecule has 0 amide bonds. The molecule has 0 radical (unpaired) electrons. The Bertz CT molecular complexity index is 441. The molecule has 0 aromatic rings. The van der Waals surface area contributed by atoms with Crippen LogP contribution in [0.3, 0.4) is 0 Å². The Labute approximate surface area is 158 Å². The number of likely N-dealkylation sites (tertiary alicyclic amines) is 1. The highest BCUT2D eigenvalue weighted by Crippen LogP contribution is 2.22. The molecule has 0 aromatic carbocycles. The summed E-state index contributed by atoms with van der Waals surface area (Å²) in [5.74, 6) is 0.995. The van der Waals surface area contributed by atoms with Crippen LogP contribution in [-0.4, -0.2) is 101 Å². The summed E-state index contributed by atoms with van der Waals surface area (Å²) in [7, 11) is 3.60. The Morgan fingerprint density at radius 1 is 1.19 bits per heavy atom. The molecular formula is C19H36N4O3. The number of ether oxygens (including phenoxy) is 3. The normalized spacial score (nSPS) is 28.4. The van der Waals surface area contributed by atoms with Crippen molar-refractivity contribution in [1.29, 1.82) is 0 Å². The first-order chi connectivity index (χ1) is 12.8. The molecule has 0 bridgehead atoms. The monoisotopic (exact) mass is 368 g/mol. The maximum Gasteiger partial charge on any atom is 0.193 e. The summed E-state index contributed by atoms with van der Waals surface area (Å²) >= 11 is 0. The highest BCUT2D eigenvalue weighted by Gasteiger charge is 2.32. The van der Waals surface area contributed by atoms with Crippen LogP contribution in [0, 0.1) is 0 Å². The van der Waals surface area contributed by atoms with E-state index < -0.39 is 0 Å². The Morgan fingerprint density at radius 2 is 2.04 bits per heavy atom. The molecule has 3 aliphatic heterocycles. The predicted molar refractivity (Wildman–Crippen MR) is 103 cm³/mol. The third-order valence-corrected chi connectivity index (χ3v) is 5.75. The van der Waals surface area contributed by atoms with Gasteiger partial charge in [0.2, 0.25) is 0 Å². The average molecular weight is 369 g/mol. The molecule has 2 atom stereocenters. The standard InChI is InChI=1S/C19H36N4O3/c1-20-19(21-13-18-14-23-8-3-5-16(23)15-26-18)22-9-6-17(7-10-22)25-12-4-11-24-2/h16-18H,3-15H2,1-2H3,(H,20,21). The number of nitrogens with zero attached hydrogens (tertiary/aromatic N) is 3. The lowest BCUT2D eigenvalue weighted by Crippen LogP contribution is -2.53. The minimum Gasteiger partial charge on any atom is -0.385 e. The molecule has 26 heavy (non-hydrogen) atoms. The van der Waals surface area contributed by atoms with Crippen molar-refractivity contribution in [1.82, 2.24) is 15.1 Å². The van der Waals surface area contributed by atoms with Crippen molar-refractivity contribution < 1.29 is 14.2 Å². The van der Waals surface area contributed by atoms with Crippen molar-refractivity contribution in [3.8, 4) is 0 Å². The predicted octanol–water partition coefficient (Wildman–Crippen LogP) is 0.943. The zero-order valence-electron chi connectivity index (χ0n) is 16.5. The molecule has 2 unspecified atom stereocenters. The first-order valence-corrected chi connectivity index (χ1v) is 10.2. The SMILES string of the molecule is CN=C(NCC1CN2CCCC2CO1)N1CCC(OCCCOC)CC1. The lowest BCUT2D eigenvalue weighted by molar-refractivity contribution is -0.0456. The van der Waals surface area contributed by atoms with E-state index >= 15 is 0 Å². The lowest BCUT2D eigenvalue weighted by Gasteiger charge is -2.37. The molecule has 150 valence electrons. The van der Waals surface area contributed by atoms with Gasteiger partial charge in [-0.05, 0) is 38.6 Å². The van der Waals surface area contributed by atoms with Gasteiger partial charge >= 0.3 is 0 Å². The summed E-state index contributed by atoms with van der Waals surface area (Å²) in [6.45, 7) is 7.56. The molecule has 1 N–H and O–H groups in total. The molecule has 0 aliphatic carbocycles. The van der Waals surface area contributed by atoms with E-state index in [1.165, 1.54) is 19.4 Å². The maximum absolute atomic E-state index is 6.05. The van der Waals surface area contributed by atoms with Gasteiger partial charge in [0.15, 0.2) is 5.96 Å². The molecule has 3 aliphatic rings. The van der Waals surface area contributed by atoms with Gasteiger partial charge in [-0.3, -0.25) is 9.89 Å². The van der Waals surface area contributed by atoms with E-state index in [1.54, 1.807) is 7.11 Å². The summed E-state index contributed by atoms with van der Waals surface area (Å²) in [4.78, 5) is 9.41. The molecule has 3 heterocycles. The molecule has 7 nitrogen and oxygen atoms in total. The first kappa shape index (κ1) is 19.9. The van der Waals surface area contributed by atoms with Gasteiger partial charge < -0.3 is 24.4 Å². The molecule has 7 heteroatoms. The fourth-order valence-corrected chi connectivity index (χ4v) is 4.23. The minimum absolute atomic E-state index is 0.266. The van der Waals surface area contributed by atoms with E-state index in [9.17, 15) is 0 Å². The summed E-state index contributed by atoms with van der Waals surface area (Å²) in [6, 6.07) is 0.661. The quantitative estimate of drug-likeness (QED) is 0.410. The second-order valence-electron chi connectivity index (χ2n) is 7.58. The number of methoxy groups -OCH3 is 1. The van der Waals surface area contributed by atoms with E-state index in [0.717, 1.165) is 71.2 Å². The van der Waals surface area contributed by atoms with Crippen molar-refractivity contribution >= 4 is 5.96 Å². The van der Waals surface area contributed by atoms with Crippen LogP contribution in [0.15, 0.2) is 4.99 Å². The molecule has 0 spiro atoms. The number of guanidine groups is 1. The largest absolute Gasteiger partial charge is 0.385 e. The number of hydrogen-bond acceptors (Lipinski definition) is 5. The third kappa shape index (κ3) is 5.55. The van der Waals surface area contributed by atoms with Gasteiger partial charge in [-0.25, -0.2) is 0 Å². The van der Waals surface area contributed by atoms with E-state index in [0.29, 0.717) is 12.1 Å². The van der Waals surface area contributed by atoms with Gasteiger partial charge in [0.25, 0.3) is 0 Å². The number of hydrogen-bond donors (Lipinski definition) is 1. The van der Waals surface area contributed by atoms with Gasteiger partial charge in [-0.1, -0.05) is 0 Å². The zero-order chi connectivity index (χ0) is 18.2. The van der Waals surface area contributed by atoms with Crippen molar-refractivity contribution in [2.75, 3.05) is 66.7 Å². The summed E-state index contributed by atoms with van der Waals surface area (Å²) < 4.78 is 17.1. The number of morpholine rings is 1. The van der Waals surface area contributed by atoms with Crippen LogP contribution >= 0.6 is 0 Å². The third-order valence-electron chi connectivity index (χ3n) is 5.75. The topological polar surface area (TPSA) is 58.6 Å². The van der Waals surface area contributed by atoms with Crippen LogP contribution in [0.2, 0.25) is 0 Å². The highest BCUT2D eigenvalue weighted by molar-refractivity contribution is 5.80. The lowest BCUT2D eigenvalue weighted by atomic mass is 10.1. The van der Waals surface area contributed by atoms with Crippen molar-refractivity contribution in [2.45, 2.75) is 50.4 Å². The fourth-order valence-electron chi connectivity index (χ4n) is 4.23. The van der Waals surface area contributed by atoms with E-state index in [2.05, 4.69) is 20.1 Å². The Kier molecular flexibility index (Phi) is 7.98. The van der Waals surface area contributed by atoms with Crippen LogP contribution in [0.25, 0.3) is 0 Å². The number of fused-ring (bicyclic) bond motifs is 1. The molecule has 0 saturated carbocycles. The van der Waals surface area contributed by atoms with Crippen LogP contribution in [0.5, 0.6) is 0 Å². The maximum atomic E-state index is 6.05. The van der Waals surface area contributed by atoms with Crippen LogP contribution < -0.4 is 5.32 Å². The average Bonchev–Trinajstić information content (AvgIpc) is 3.14. The Hall–Kier alpha value is -0.890. The summed E-state index contributed by atoms with van der Waals surface area (Å²) in [5.41, 5.74) is 0. The summed E-state index contributed by atoms with van der Waals surface area (Å²) in [6.07, 6.45) is 6.34. The number of aliphatic imine (C=N–C) groups is 1. The van der Waals surface area contributed by atoms with Crippen molar-refractivity contribution in [3.05, 3.63) is 0 Å². The molecule has 3 saturated heterocycles. The van der Waals surface area contributed by atoms with Crippen LogP contribution in [0.1, 0.15) is 32.1 Å². The zero-order valence-corrected chi connectivity index (χ0v) is 16.5. The fraction of sp³-hybridized carbons (Fsp3) is 0.947. The van der Waals surface area contributed by atoms with Gasteiger partial charge in [0, 0.05) is 59.6 Å². The highest BCUT2D eigenvalue weighted by atomic mass is 16.5. The smallest absolute Gasteiger partial charge is 0.193 e. The van der Waals surface area contributed by atoms with Crippen LogP contribution in [-0.2, 0) is 14.2 Å². The van der Waals surface area contributed by atoms with Gasteiger partial charge in [0.1, 0.15) is 0 Å². The van der Waals surface area contributed by atoms with E-state index in [1.807, 2.05) is 7.05 Å². The van der Waals surface area contributed by atoms with E-state index in [-0.39, 0.29) is 6.10 Å². The van der Waals surface area contributed by atoms with Gasteiger partial charge in [-0.2, -0.15) is 0 Å². The number of piperidine rings is 1. The summed E-state index contributed by atoms with van der Waals surface area (Å²) in [5, 5.41) is 3.53. The second-order valence-corrected chi connectivity index (χ2v) is 7.58. The Morgan fingerprint density at radius 3 is 2.81 bits per heavy atom. The molecular weight excluding hydrogens is 332 g/mol. The van der Waals surface area contributed by atoms with Crippen molar-refractivity contribution in [3.63, 3.8) is 0 Å². The van der Waals surface area contributed by atoms with Crippen LogP contribution in [0.4, 0.5) is 0 Å². The Balaban J connectivity index is 1.34. The van der Waals surface area contributed by atoms with Gasteiger partial charge in [-0.15, -0.1) is 0 Å². The second kappa shape index (κ2) is 10.4. The molecule has 0 aromatic heterocycles. The first-order valence-electron chi connectivity index (χ1n) is 10.2. The van der Waals surface area contributed by atoms with Gasteiger partial charge in [0.05, 0.1) is 18.8 Å². The van der Waals surface area contributed by atoms with Crippen molar-refractivity contribution in [2.24, 2.45) is 4.99 Å². The molecule has 3 rings (SSSR count). The molecule has 3 fully saturated rings. The minimum atomic E-state index is 0.266. The number of nitrogens with one attached hydrogen (secondary N) is 1.